The lowest BCUT2D eigenvalue weighted by molar-refractivity contribution is -0.121. The summed E-state index contributed by atoms with van der Waals surface area (Å²) in [6.45, 7) is 1.82. The Morgan fingerprint density at radius 1 is 1.50 bits per heavy atom. The molecule has 4 heteroatoms. The molecule has 1 atom stereocenters. The van der Waals surface area contributed by atoms with Crippen molar-refractivity contribution in [3.05, 3.63) is 27.8 Å². The normalized spacial score (nSPS) is 18.9. The van der Waals surface area contributed by atoms with Crippen molar-refractivity contribution in [2.24, 2.45) is 11.7 Å². The number of halogens is 1. The van der Waals surface area contributed by atoms with E-state index in [4.69, 9.17) is 5.73 Å². The van der Waals surface area contributed by atoms with Crippen molar-refractivity contribution in [3.63, 3.8) is 0 Å². The molecular formula is C12H15IN2O. The van der Waals surface area contributed by atoms with Gasteiger partial charge >= 0.3 is 0 Å². The maximum absolute atomic E-state index is 12.0. The molecule has 0 saturated heterocycles. The van der Waals surface area contributed by atoms with Crippen LogP contribution in [-0.4, -0.2) is 11.4 Å². The first kappa shape index (κ1) is 11.9. The maximum Gasteiger partial charge on any atom is 0.244 e. The van der Waals surface area contributed by atoms with Gasteiger partial charge in [-0.25, -0.2) is 0 Å². The SMILES string of the molecule is CC(N)(C(=O)Nc1ccccc1I)C1CC1. The minimum atomic E-state index is -0.737. The molecule has 1 unspecified atom stereocenters. The summed E-state index contributed by atoms with van der Waals surface area (Å²) < 4.78 is 1.03. The van der Waals surface area contributed by atoms with Crippen molar-refractivity contribution in [2.45, 2.75) is 25.3 Å². The quantitative estimate of drug-likeness (QED) is 0.836. The summed E-state index contributed by atoms with van der Waals surface area (Å²) in [6.07, 6.45) is 2.12. The van der Waals surface area contributed by atoms with Crippen LogP contribution in [0.3, 0.4) is 0 Å². The minimum Gasteiger partial charge on any atom is -0.324 e. The molecule has 16 heavy (non-hydrogen) atoms. The van der Waals surface area contributed by atoms with Gasteiger partial charge in [0.2, 0.25) is 5.91 Å². The summed E-state index contributed by atoms with van der Waals surface area (Å²) in [6, 6.07) is 7.70. The Morgan fingerprint density at radius 2 is 2.12 bits per heavy atom. The number of carbonyl (C=O) groups is 1. The molecule has 1 saturated carbocycles. The Morgan fingerprint density at radius 3 is 2.69 bits per heavy atom. The zero-order chi connectivity index (χ0) is 11.8. The Bertz CT molecular complexity index is 413. The second-order valence-corrected chi connectivity index (χ2v) is 5.65. The van der Waals surface area contributed by atoms with Gasteiger partial charge in [-0.15, -0.1) is 0 Å². The number of nitrogens with one attached hydrogen (secondary N) is 1. The molecule has 3 nitrogen and oxygen atoms in total. The molecule has 3 N–H and O–H groups in total. The molecule has 86 valence electrons. The van der Waals surface area contributed by atoms with Crippen molar-refractivity contribution < 1.29 is 4.79 Å². The fourth-order valence-electron chi connectivity index (χ4n) is 1.69. The molecular weight excluding hydrogens is 315 g/mol. The van der Waals surface area contributed by atoms with Gasteiger partial charge in [0, 0.05) is 3.57 Å². The molecule has 0 spiro atoms. The summed E-state index contributed by atoms with van der Waals surface area (Å²) >= 11 is 2.20. The third-order valence-corrected chi connectivity index (χ3v) is 3.98. The van der Waals surface area contributed by atoms with E-state index >= 15 is 0 Å². The van der Waals surface area contributed by atoms with Gasteiger partial charge in [-0.2, -0.15) is 0 Å². The van der Waals surface area contributed by atoms with E-state index in [1.807, 2.05) is 31.2 Å². The highest BCUT2D eigenvalue weighted by Gasteiger charge is 2.44. The van der Waals surface area contributed by atoms with Gasteiger partial charge in [-0.3, -0.25) is 4.79 Å². The first-order valence-electron chi connectivity index (χ1n) is 5.36. The van der Waals surface area contributed by atoms with Crippen molar-refractivity contribution in [2.75, 3.05) is 5.32 Å². The number of hydrogen-bond acceptors (Lipinski definition) is 2. The van der Waals surface area contributed by atoms with E-state index in [1.165, 1.54) is 0 Å². The Labute approximate surface area is 109 Å². The van der Waals surface area contributed by atoms with E-state index < -0.39 is 5.54 Å². The number of hydrogen-bond donors (Lipinski definition) is 2. The average Bonchev–Trinajstić information content (AvgIpc) is 3.04. The van der Waals surface area contributed by atoms with Crippen LogP contribution in [0.2, 0.25) is 0 Å². The number of nitrogens with two attached hydrogens (primary N) is 1. The van der Waals surface area contributed by atoms with Crippen LogP contribution in [-0.2, 0) is 4.79 Å². The fraction of sp³-hybridized carbons (Fsp3) is 0.417. The molecule has 0 heterocycles. The molecule has 0 aliphatic heterocycles. The number of anilines is 1. The van der Waals surface area contributed by atoms with Gasteiger partial charge in [0.05, 0.1) is 11.2 Å². The number of para-hydroxylation sites is 1. The molecule has 1 amide bonds. The van der Waals surface area contributed by atoms with Crippen molar-refractivity contribution in [3.8, 4) is 0 Å². The van der Waals surface area contributed by atoms with Crippen LogP contribution in [0.1, 0.15) is 19.8 Å². The number of carbonyl (C=O) groups excluding carboxylic acids is 1. The van der Waals surface area contributed by atoms with Gasteiger partial charge in [0.25, 0.3) is 0 Å². The lowest BCUT2D eigenvalue weighted by Crippen LogP contribution is -2.50. The van der Waals surface area contributed by atoms with E-state index in [0.29, 0.717) is 5.92 Å². The van der Waals surface area contributed by atoms with Crippen LogP contribution in [0.4, 0.5) is 5.69 Å². The summed E-state index contributed by atoms with van der Waals surface area (Å²) in [7, 11) is 0. The molecule has 1 aromatic carbocycles. The molecule has 2 rings (SSSR count). The zero-order valence-corrected chi connectivity index (χ0v) is 11.3. The monoisotopic (exact) mass is 330 g/mol. The van der Waals surface area contributed by atoms with Crippen molar-refractivity contribution >= 4 is 34.2 Å². The summed E-state index contributed by atoms with van der Waals surface area (Å²) in [4.78, 5) is 12.0. The number of benzene rings is 1. The van der Waals surface area contributed by atoms with Crippen LogP contribution >= 0.6 is 22.6 Å². The topological polar surface area (TPSA) is 55.1 Å². The van der Waals surface area contributed by atoms with Gasteiger partial charge in [-0.05, 0) is 60.4 Å². The van der Waals surface area contributed by atoms with Gasteiger partial charge in [0.15, 0.2) is 0 Å². The Hall–Kier alpha value is -0.620. The largest absolute Gasteiger partial charge is 0.324 e. The van der Waals surface area contributed by atoms with E-state index in [2.05, 4.69) is 27.9 Å². The number of rotatable bonds is 3. The van der Waals surface area contributed by atoms with Crippen LogP contribution < -0.4 is 11.1 Å². The highest BCUT2D eigenvalue weighted by molar-refractivity contribution is 14.1. The number of amides is 1. The van der Waals surface area contributed by atoms with Crippen LogP contribution in [0.25, 0.3) is 0 Å². The van der Waals surface area contributed by atoms with Gasteiger partial charge in [0.1, 0.15) is 0 Å². The lowest BCUT2D eigenvalue weighted by Gasteiger charge is -2.23. The van der Waals surface area contributed by atoms with Crippen LogP contribution in [0, 0.1) is 9.49 Å². The first-order chi connectivity index (χ1) is 7.51. The van der Waals surface area contributed by atoms with Crippen molar-refractivity contribution in [1.82, 2.24) is 0 Å². The molecule has 0 radical (unpaired) electrons. The zero-order valence-electron chi connectivity index (χ0n) is 9.16. The third-order valence-electron chi connectivity index (χ3n) is 3.04. The van der Waals surface area contributed by atoms with Gasteiger partial charge in [-0.1, -0.05) is 12.1 Å². The summed E-state index contributed by atoms with van der Waals surface area (Å²) in [5.41, 5.74) is 6.15. The minimum absolute atomic E-state index is 0.0842. The lowest BCUT2D eigenvalue weighted by atomic mass is 9.96. The standard InChI is InChI=1S/C12H15IN2O/c1-12(14,8-6-7-8)11(16)15-10-5-3-2-4-9(10)13/h2-5,8H,6-7,14H2,1H3,(H,15,16). The molecule has 0 bridgehead atoms. The molecule has 1 fully saturated rings. The summed E-state index contributed by atoms with van der Waals surface area (Å²) in [5.74, 6) is 0.257. The molecule has 1 aliphatic rings. The maximum atomic E-state index is 12.0. The van der Waals surface area contributed by atoms with Crippen LogP contribution in [0.15, 0.2) is 24.3 Å². The van der Waals surface area contributed by atoms with Crippen LogP contribution in [0.5, 0.6) is 0 Å². The van der Waals surface area contributed by atoms with E-state index in [-0.39, 0.29) is 5.91 Å². The summed E-state index contributed by atoms with van der Waals surface area (Å²) in [5, 5.41) is 2.90. The van der Waals surface area contributed by atoms with Crippen molar-refractivity contribution in [1.29, 1.82) is 0 Å². The first-order valence-corrected chi connectivity index (χ1v) is 6.44. The third kappa shape index (κ3) is 2.38. The predicted octanol–water partition coefficient (Wildman–Crippen LogP) is 2.36. The van der Waals surface area contributed by atoms with Gasteiger partial charge < -0.3 is 11.1 Å². The predicted molar refractivity (Wildman–Crippen MR) is 73.1 cm³/mol. The molecule has 0 aromatic heterocycles. The average molecular weight is 330 g/mol. The Balaban J connectivity index is 2.10. The van der Waals surface area contributed by atoms with E-state index in [0.717, 1.165) is 22.1 Å². The van der Waals surface area contributed by atoms with E-state index in [1.54, 1.807) is 0 Å². The Kier molecular flexibility index (Phi) is 3.21. The molecule has 1 aliphatic carbocycles. The smallest absolute Gasteiger partial charge is 0.244 e. The fourth-order valence-corrected chi connectivity index (χ4v) is 2.21. The highest BCUT2D eigenvalue weighted by atomic mass is 127. The second kappa shape index (κ2) is 4.33. The molecule has 1 aromatic rings. The highest BCUT2D eigenvalue weighted by Crippen LogP contribution is 2.38. The van der Waals surface area contributed by atoms with E-state index in [9.17, 15) is 4.79 Å². The second-order valence-electron chi connectivity index (χ2n) is 4.49.